The van der Waals surface area contributed by atoms with Crippen molar-refractivity contribution in [2.24, 2.45) is 10.8 Å². The van der Waals surface area contributed by atoms with Gasteiger partial charge < -0.3 is 18.9 Å². The van der Waals surface area contributed by atoms with Crippen molar-refractivity contribution in [3.63, 3.8) is 0 Å². The first-order chi connectivity index (χ1) is 11.5. The Balaban J connectivity index is 2.64. The number of ether oxygens (including phenoxy) is 4. The van der Waals surface area contributed by atoms with E-state index in [-0.39, 0.29) is 17.4 Å². The average Bonchev–Trinajstić information content (AvgIpc) is 2.52. The van der Waals surface area contributed by atoms with Crippen LogP contribution in [0.5, 0.6) is 5.75 Å². The first-order valence-corrected chi connectivity index (χ1v) is 8.54. The molecule has 1 aromatic carbocycles. The van der Waals surface area contributed by atoms with Gasteiger partial charge in [-0.1, -0.05) is 47.6 Å². The van der Waals surface area contributed by atoms with E-state index in [4.69, 9.17) is 18.9 Å². The molecular weight excluding hydrogens is 320 g/mol. The molecule has 0 spiro atoms. The molecule has 0 atom stereocenters. The number of carbonyl (C=O) groups is 1. The molecule has 0 bridgehead atoms. The van der Waals surface area contributed by atoms with Gasteiger partial charge in [-0.25, -0.2) is 4.79 Å². The van der Waals surface area contributed by atoms with Crippen LogP contribution in [0.3, 0.4) is 0 Å². The van der Waals surface area contributed by atoms with Gasteiger partial charge in [0.15, 0.2) is 6.29 Å². The molecule has 1 aromatic rings. The number of esters is 1. The molecule has 0 saturated carbocycles. The van der Waals surface area contributed by atoms with Gasteiger partial charge in [0.05, 0.1) is 25.9 Å². The van der Waals surface area contributed by atoms with Crippen LogP contribution in [-0.4, -0.2) is 39.2 Å². The van der Waals surface area contributed by atoms with Crippen molar-refractivity contribution < 1.29 is 23.7 Å². The number of carbonyl (C=O) groups excluding carboxylic acids is 1. The second-order valence-electron chi connectivity index (χ2n) is 8.50. The predicted molar refractivity (Wildman–Crippen MR) is 97.9 cm³/mol. The summed E-state index contributed by atoms with van der Waals surface area (Å²) in [4.78, 5) is 12.2. The van der Waals surface area contributed by atoms with Gasteiger partial charge >= 0.3 is 5.97 Å². The summed E-state index contributed by atoms with van der Waals surface area (Å²) in [7, 11) is 1.56. The molecule has 0 aromatic heterocycles. The summed E-state index contributed by atoms with van der Waals surface area (Å²) in [6, 6.07) is 6.85. The molecule has 0 amide bonds. The SMILES string of the molecule is COc1cccc(C(=O)OCC(OCC(C)(C)C)OCC(C)(C)C)c1. The highest BCUT2D eigenvalue weighted by Crippen LogP contribution is 2.19. The van der Waals surface area contributed by atoms with Crippen LogP contribution in [0.25, 0.3) is 0 Å². The minimum atomic E-state index is -0.590. The van der Waals surface area contributed by atoms with Crippen LogP contribution in [0.15, 0.2) is 24.3 Å². The zero-order valence-corrected chi connectivity index (χ0v) is 16.5. The third kappa shape index (κ3) is 9.46. The highest BCUT2D eigenvalue weighted by molar-refractivity contribution is 5.89. The maximum Gasteiger partial charge on any atom is 0.338 e. The lowest BCUT2D eigenvalue weighted by molar-refractivity contribution is -0.186. The van der Waals surface area contributed by atoms with Crippen molar-refractivity contribution in [1.29, 1.82) is 0 Å². The topological polar surface area (TPSA) is 54.0 Å². The second kappa shape index (κ2) is 9.20. The summed E-state index contributed by atoms with van der Waals surface area (Å²) < 4.78 is 22.1. The van der Waals surface area contributed by atoms with Crippen molar-refractivity contribution >= 4 is 5.97 Å². The summed E-state index contributed by atoms with van der Waals surface area (Å²) in [6.07, 6.45) is -0.590. The van der Waals surface area contributed by atoms with Gasteiger partial charge in [0.25, 0.3) is 0 Å². The average molecular weight is 352 g/mol. The molecular formula is C20H32O5. The van der Waals surface area contributed by atoms with Gasteiger partial charge in [0, 0.05) is 0 Å². The molecule has 5 nitrogen and oxygen atoms in total. The minimum Gasteiger partial charge on any atom is -0.497 e. The highest BCUT2D eigenvalue weighted by atomic mass is 16.7. The van der Waals surface area contributed by atoms with Crippen LogP contribution in [-0.2, 0) is 14.2 Å². The van der Waals surface area contributed by atoms with Crippen LogP contribution < -0.4 is 4.74 Å². The Labute approximate surface area is 151 Å². The zero-order chi connectivity index (χ0) is 19.1. The summed E-state index contributed by atoms with van der Waals surface area (Å²) in [5.74, 6) is 0.182. The number of hydrogen-bond acceptors (Lipinski definition) is 5. The molecule has 0 unspecified atom stereocenters. The maximum absolute atomic E-state index is 12.2. The molecule has 5 heteroatoms. The van der Waals surface area contributed by atoms with Crippen LogP contribution in [0.2, 0.25) is 0 Å². The molecule has 25 heavy (non-hydrogen) atoms. The van der Waals surface area contributed by atoms with Crippen molar-refractivity contribution in [3.8, 4) is 5.75 Å². The summed E-state index contributed by atoms with van der Waals surface area (Å²) in [5.41, 5.74) is 0.435. The Morgan fingerprint density at radius 2 is 1.56 bits per heavy atom. The van der Waals surface area contributed by atoms with E-state index >= 15 is 0 Å². The Morgan fingerprint density at radius 1 is 1.00 bits per heavy atom. The quantitative estimate of drug-likeness (QED) is 0.516. The fourth-order valence-corrected chi connectivity index (χ4v) is 1.81. The number of hydrogen-bond donors (Lipinski definition) is 0. The van der Waals surface area contributed by atoms with Gasteiger partial charge in [-0.15, -0.1) is 0 Å². The first-order valence-electron chi connectivity index (χ1n) is 8.54. The van der Waals surface area contributed by atoms with Crippen LogP contribution in [0, 0.1) is 10.8 Å². The van der Waals surface area contributed by atoms with Crippen molar-refractivity contribution in [2.45, 2.75) is 47.8 Å². The molecule has 0 heterocycles. The molecule has 0 aliphatic carbocycles. The minimum absolute atomic E-state index is 0.000146. The van der Waals surface area contributed by atoms with E-state index in [1.165, 1.54) is 0 Å². The van der Waals surface area contributed by atoms with Crippen molar-refractivity contribution in [2.75, 3.05) is 26.9 Å². The van der Waals surface area contributed by atoms with E-state index in [1.807, 2.05) is 0 Å². The van der Waals surface area contributed by atoms with Gasteiger partial charge in [-0.3, -0.25) is 0 Å². The van der Waals surface area contributed by atoms with Gasteiger partial charge in [0.2, 0.25) is 0 Å². The lowest BCUT2D eigenvalue weighted by atomic mass is 9.98. The lowest BCUT2D eigenvalue weighted by Crippen LogP contribution is -2.32. The van der Waals surface area contributed by atoms with Crippen LogP contribution in [0.1, 0.15) is 51.9 Å². The smallest absolute Gasteiger partial charge is 0.338 e. The fraction of sp³-hybridized carbons (Fsp3) is 0.650. The third-order valence-electron chi connectivity index (χ3n) is 3.06. The molecule has 0 aliphatic rings. The van der Waals surface area contributed by atoms with Gasteiger partial charge in [-0.05, 0) is 29.0 Å². The van der Waals surface area contributed by atoms with Crippen LogP contribution in [0.4, 0.5) is 0 Å². The van der Waals surface area contributed by atoms with E-state index in [0.717, 1.165) is 0 Å². The Bertz CT molecular complexity index is 522. The first kappa shape index (κ1) is 21.5. The van der Waals surface area contributed by atoms with Gasteiger partial charge in [0.1, 0.15) is 12.4 Å². The zero-order valence-electron chi connectivity index (χ0n) is 16.5. The maximum atomic E-state index is 12.2. The summed E-state index contributed by atoms with van der Waals surface area (Å²) >= 11 is 0. The molecule has 0 saturated heterocycles. The number of benzene rings is 1. The fourth-order valence-electron chi connectivity index (χ4n) is 1.81. The summed E-state index contributed by atoms with van der Waals surface area (Å²) in [6.45, 7) is 13.5. The van der Waals surface area contributed by atoms with E-state index in [2.05, 4.69) is 41.5 Å². The number of methoxy groups -OCH3 is 1. The van der Waals surface area contributed by atoms with Crippen LogP contribution >= 0.6 is 0 Å². The molecule has 0 fully saturated rings. The standard InChI is InChI=1S/C20H32O5/c1-19(2,3)13-24-17(25-14-20(4,5)6)12-23-18(21)15-9-8-10-16(11-15)22-7/h8-11,17H,12-14H2,1-7H3. The van der Waals surface area contributed by atoms with E-state index in [9.17, 15) is 4.79 Å². The van der Waals surface area contributed by atoms with E-state index in [1.54, 1.807) is 31.4 Å². The number of rotatable bonds is 8. The Morgan fingerprint density at radius 3 is 2.04 bits per heavy atom. The highest BCUT2D eigenvalue weighted by Gasteiger charge is 2.21. The van der Waals surface area contributed by atoms with E-state index in [0.29, 0.717) is 24.5 Å². The molecule has 142 valence electrons. The molecule has 0 radical (unpaired) electrons. The van der Waals surface area contributed by atoms with E-state index < -0.39 is 12.3 Å². The van der Waals surface area contributed by atoms with Crippen molar-refractivity contribution in [3.05, 3.63) is 29.8 Å². The normalized spacial score (nSPS) is 12.3. The molecule has 0 N–H and O–H groups in total. The Hall–Kier alpha value is -1.59. The van der Waals surface area contributed by atoms with Gasteiger partial charge in [-0.2, -0.15) is 0 Å². The van der Waals surface area contributed by atoms with Crippen molar-refractivity contribution in [1.82, 2.24) is 0 Å². The largest absolute Gasteiger partial charge is 0.497 e. The monoisotopic (exact) mass is 352 g/mol. The summed E-state index contributed by atoms with van der Waals surface area (Å²) in [5, 5.41) is 0. The molecule has 1 rings (SSSR count). The predicted octanol–water partition coefficient (Wildman–Crippen LogP) is 4.30. The Kier molecular flexibility index (Phi) is 7.90. The molecule has 0 aliphatic heterocycles. The lowest BCUT2D eigenvalue weighted by Gasteiger charge is -2.27. The third-order valence-corrected chi connectivity index (χ3v) is 3.06. The second-order valence-corrected chi connectivity index (χ2v) is 8.50.